The van der Waals surface area contributed by atoms with E-state index in [2.05, 4.69) is 37.0 Å². The Morgan fingerprint density at radius 3 is 2.24 bits per heavy atom. The van der Waals surface area contributed by atoms with Crippen LogP contribution in [0.3, 0.4) is 0 Å². The molecule has 1 aromatic heterocycles. The zero-order chi connectivity index (χ0) is 18.0. The van der Waals surface area contributed by atoms with Gasteiger partial charge < -0.3 is 0 Å². The molecule has 25 heavy (non-hydrogen) atoms. The number of rotatable bonds is 4. The first-order chi connectivity index (χ1) is 11.8. The van der Waals surface area contributed by atoms with Gasteiger partial charge in [-0.25, -0.2) is 4.98 Å². The first-order valence-electron chi connectivity index (χ1n) is 7.64. The van der Waals surface area contributed by atoms with Crippen LogP contribution in [0.4, 0.5) is 13.2 Å². The number of hydrogen-bond acceptors (Lipinski definition) is 3. The number of thioether (sulfide) groups is 1. The molecule has 0 aliphatic heterocycles. The van der Waals surface area contributed by atoms with Crippen LogP contribution in [0.15, 0.2) is 52.7 Å². The van der Waals surface area contributed by atoms with E-state index in [1.54, 1.807) is 11.8 Å². The number of thiazole rings is 1. The lowest BCUT2D eigenvalue weighted by Gasteiger charge is -2.06. The Morgan fingerprint density at radius 1 is 1.00 bits per heavy atom. The standard InChI is InChI=1S/C19H16F3NS2/c1-12-7-13(2)9-17(8-12)24-10-16-11-25-18(23-16)14-3-5-15(6-4-14)19(20,21)22/h3-9,11H,10H2,1-2H3. The topological polar surface area (TPSA) is 12.9 Å². The van der Waals surface area contributed by atoms with Gasteiger partial charge in [0.2, 0.25) is 0 Å². The molecule has 3 aromatic rings. The Bertz CT molecular complexity index is 847. The first-order valence-corrected chi connectivity index (χ1v) is 9.51. The number of aromatic nitrogens is 1. The number of benzene rings is 2. The summed E-state index contributed by atoms with van der Waals surface area (Å²) >= 11 is 3.16. The van der Waals surface area contributed by atoms with E-state index < -0.39 is 11.7 Å². The lowest BCUT2D eigenvalue weighted by molar-refractivity contribution is -0.137. The molecule has 0 fully saturated rings. The van der Waals surface area contributed by atoms with Gasteiger partial charge >= 0.3 is 6.18 Å². The molecule has 2 aromatic carbocycles. The highest BCUT2D eigenvalue weighted by Gasteiger charge is 2.30. The van der Waals surface area contributed by atoms with Crippen LogP contribution in [0.25, 0.3) is 10.6 Å². The fourth-order valence-electron chi connectivity index (χ4n) is 2.48. The van der Waals surface area contributed by atoms with Crippen molar-refractivity contribution in [1.82, 2.24) is 4.98 Å². The summed E-state index contributed by atoms with van der Waals surface area (Å²) in [6.07, 6.45) is -4.31. The zero-order valence-electron chi connectivity index (χ0n) is 13.7. The molecule has 0 N–H and O–H groups in total. The van der Waals surface area contributed by atoms with Gasteiger partial charge in [0.15, 0.2) is 0 Å². The maximum Gasteiger partial charge on any atom is 0.416 e. The Balaban J connectivity index is 1.70. The molecule has 0 unspecified atom stereocenters. The molecular formula is C19H16F3NS2. The van der Waals surface area contributed by atoms with E-state index in [0.717, 1.165) is 28.6 Å². The molecule has 0 atom stereocenters. The molecule has 0 bridgehead atoms. The summed E-state index contributed by atoms with van der Waals surface area (Å²) in [5.41, 5.74) is 3.46. The number of nitrogens with zero attached hydrogens (tertiary/aromatic N) is 1. The van der Waals surface area contributed by atoms with E-state index in [4.69, 9.17) is 0 Å². The van der Waals surface area contributed by atoms with Crippen LogP contribution in [-0.2, 0) is 11.9 Å². The molecule has 1 heterocycles. The molecule has 0 aliphatic rings. The molecule has 0 aliphatic carbocycles. The average Bonchev–Trinajstić information content (AvgIpc) is 3.00. The second-order valence-electron chi connectivity index (χ2n) is 5.83. The van der Waals surface area contributed by atoms with Crippen molar-refractivity contribution < 1.29 is 13.2 Å². The van der Waals surface area contributed by atoms with Gasteiger partial charge in [-0.3, -0.25) is 0 Å². The van der Waals surface area contributed by atoms with Crippen molar-refractivity contribution in [3.63, 3.8) is 0 Å². The summed E-state index contributed by atoms with van der Waals surface area (Å²) in [5.74, 6) is 0.736. The van der Waals surface area contributed by atoms with E-state index in [-0.39, 0.29) is 0 Å². The van der Waals surface area contributed by atoms with Crippen LogP contribution in [0.2, 0.25) is 0 Å². The summed E-state index contributed by atoms with van der Waals surface area (Å²) in [4.78, 5) is 5.74. The van der Waals surface area contributed by atoms with Gasteiger partial charge in [-0.2, -0.15) is 13.2 Å². The van der Waals surface area contributed by atoms with Gasteiger partial charge in [0, 0.05) is 21.6 Å². The zero-order valence-corrected chi connectivity index (χ0v) is 15.4. The molecule has 0 radical (unpaired) electrons. The van der Waals surface area contributed by atoms with Crippen LogP contribution < -0.4 is 0 Å². The predicted molar refractivity (Wildman–Crippen MR) is 98.0 cm³/mol. The highest BCUT2D eigenvalue weighted by atomic mass is 32.2. The second-order valence-corrected chi connectivity index (χ2v) is 7.74. The molecule has 130 valence electrons. The van der Waals surface area contributed by atoms with Crippen molar-refractivity contribution in [3.8, 4) is 10.6 Å². The van der Waals surface area contributed by atoms with Crippen LogP contribution in [-0.4, -0.2) is 4.98 Å². The van der Waals surface area contributed by atoms with Crippen molar-refractivity contribution in [2.45, 2.75) is 30.7 Å². The van der Waals surface area contributed by atoms with Crippen molar-refractivity contribution >= 4 is 23.1 Å². The Morgan fingerprint density at radius 2 is 1.64 bits per heavy atom. The number of hydrogen-bond donors (Lipinski definition) is 0. The molecule has 0 spiro atoms. The maximum atomic E-state index is 12.6. The third-order valence-corrected chi connectivity index (χ3v) is 5.54. The normalized spacial score (nSPS) is 11.7. The first kappa shape index (κ1) is 18.0. The lowest BCUT2D eigenvalue weighted by atomic mass is 10.1. The quantitative estimate of drug-likeness (QED) is 0.466. The summed E-state index contributed by atoms with van der Waals surface area (Å²) in [6, 6.07) is 11.6. The van der Waals surface area contributed by atoms with Crippen LogP contribution in [0, 0.1) is 13.8 Å². The highest BCUT2D eigenvalue weighted by Crippen LogP contribution is 2.32. The molecule has 3 rings (SSSR count). The molecule has 0 saturated carbocycles. The summed E-state index contributed by atoms with van der Waals surface area (Å²) in [7, 11) is 0. The van der Waals surface area contributed by atoms with E-state index in [1.165, 1.54) is 39.5 Å². The van der Waals surface area contributed by atoms with Crippen molar-refractivity contribution in [3.05, 3.63) is 70.2 Å². The van der Waals surface area contributed by atoms with Crippen molar-refractivity contribution in [2.75, 3.05) is 0 Å². The Labute approximate surface area is 152 Å². The average molecular weight is 379 g/mol. The SMILES string of the molecule is Cc1cc(C)cc(SCc2csc(-c3ccc(C(F)(F)F)cc3)n2)c1. The van der Waals surface area contributed by atoms with E-state index >= 15 is 0 Å². The van der Waals surface area contributed by atoms with Gasteiger partial charge in [0.05, 0.1) is 11.3 Å². The summed E-state index contributed by atoms with van der Waals surface area (Å²) < 4.78 is 37.9. The smallest absolute Gasteiger partial charge is 0.240 e. The fourth-order valence-corrected chi connectivity index (χ4v) is 4.41. The minimum atomic E-state index is -4.31. The predicted octanol–water partition coefficient (Wildman–Crippen LogP) is 6.74. The van der Waals surface area contributed by atoms with E-state index in [9.17, 15) is 13.2 Å². The van der Waals surface area contributed by atoms with Crippen LogP contribution in [0.1, 0.15) is 22.4 Å². The highest BCUT2D eigenvalue weighted by molar-refractivity contribution is 7.98. The molecule has 6 heteroatoms. The van der Waals surface area contributed by atoms with Gasteiger partial charge in [0.25, 0.3) is 0 Å². The molecule has 1 nitrogen and oxygen atoms in total. The number of halogens is 3. The van der Waals surface area contributed by atoms with Gasteiger partial charge in [0.1, 0.15) is 5.01 Å². The number of alkyl halides is 3. The molecule has 0 saturated heterocycles. The molecular weight excluding hydrogens is 363 g/mol. The monoisotopic (exact) mass is 379 g/mol. The van der Waals surface area contributed by atoms with Crippen LogP contribution in [0.5, 0.6) is 0 Å². The minimum absolute atomic E-state index is 0.640. The third-order valence-electron chi connectivity index (χ3n) is 3.59. The van der Waals surface area contributed by atoms with E-state index in [0.29, 0.717) is 5.56 Å². The lowest BCUT2D eigenvalue weighted by Crippen LogP contribution is -2.03. The molecule has 0 amide bonds. The minimum Gasteiger partial charge on any atom is -0.240 e. The summed E-state index contributed by atoms with van der Waals surface area (Å²) in [6.45, 7) is 4.14. The number of aryl methyl sites for hydroxylation is 2. The Kier molecular flexibility index (Phi) is 5.20. The Hall–Kier alpha value is -1.79. The second kappa shape index (κ2) is 7.22. The summed E-state index contributed by atoms with van der Waals surface area (Å²) in [5, 5.41) is 2.70. The van der Waals surface area contributed by atoms with E-state index in [1.807, 2.05) is 5.38 Å². The van der Waals surface area contributed by atoms with Crippen molar-refractivity contribution in [2.24, 2.45) is 0 Å². The van der Waals surface area contributed by atoms with Crippen LogP contribution >= 0.6 is 23.1 Å². The maximum absolute atomic E-state index is 12.6. The van der Waals surface area contributed by atoms with Gasteiger partial charge in [-0.15, -0.1) is 23.1 Å². The largest absolute Gasteiger partial charge is 0.416 e. The van der Waals surface area contributed by atoms with Crippen molar-refractivity contribution in [1.29, 1.82) is 0 Å². The fraction of sp³-hybridized carbons (Fsp3) is 0.211. The van der Waals surface area contributed by atoms with Gasteiger partial charge in [-0.1, -0.05) is 18.2 Å². The van der Waals surface area contributed by atoms with Gasteiger partial charge in [-0.05, 0) is 49.2 Å². The third kappa shape index (κ3) is 4.64.